The number of fused-ring (bicyclic) bond motifs is 1. The Balaban J connectivity index is 1.44. The predicted molar refractivity (Wildman–Crippen MR) is 122 cm³/mol. The monoisotopic (exact) mass is 478 g/mol. The van der Waals surface area contributed by atoms with Crippen molar-refractivity contribution in [2.75, 3.05) is 6.61 Å². The number of aromatic nitrogens is 6. The molecule has 6 rings (SSSR count). The molecule has 1 saturated carbocycles. The second kappa shape index (κ2) is 8.10. The molecular weight excluding hydrogens is 454 g/mol. The maximum Gasteiger partial charge on any atom is 0.196 e. The van der Waals surface area contributed by atoms with E-state index in [9.17, 15) is 13.9 Å². The van der Waals surface area contributed by atoms with Crippen LogP contribution in [-0.4, -0.2) is 41.4 Å². The van der Waals surface area contributed by atoms with Crippen LogP contribution in [0.15, 0.2) is 30.6 Å². The van der Waals surface area contributed by atoms with Crippen molar-refractivity contribution in [3.05, 3.63) is 65.0 Å². The van der Waals surface area contributed by atoms with Gasteiger partial charge in [0.25, 0.3) is 0 Å². The fourth-order valence-electron chi connectivity index (χ4n) is 4.55. The minimum absolute atomic E-state index is 0.116. The summed E-state index contributed by atoms with van der Waals surface area (Å²) >= 11 is 0. The first-order valence-corrected chi connectivity index (χ1v) is 11.7. The van der Waals surface area contributed by atoms with E-state index in [1.165, 1.54) is 12.1 Å². The molecule has 2 aliphatic rings. The minimum Gasteiger partial charge on any atom is -0.362 e. The molecule has 3 aromatic heterocycles. The maximum absolute atomic E-state index is 14.8. The maximum atomic E-state index is 14.8. The smallest absolute Gasteiger partial charge is 0.196 e. The third-order valence-corrected chi connectivity index (χ3v) is 6.81. The summed E-state index contributed by atoms with van der Waals surface area (Å²) in [5.74, 6) is -2.83. The molecular formula is C25H24F2N6O2. The Kier molecular flexibility index (Phi) is 5.12. The summed E-state index contributed by atoms with van der Waals surface area (Å²) < 4.78 is 36.1. The summed E-state index contributed by atoms with van der Waals surface area (Å²) in [4.78, 5) is 18.5. The molecule has 10 heteroatoms. The number of hydrogen-bond donors (Lipinski definition) is 1. The molecule has 8 nitrogen and oxygen atoms in total. The van der Waals surface area contributed by atoms with Crippen LogP contribution in [0.25, 0.3) is 22.4 Å². The van der Waals surface area contributed by atoms with Crippen molar-refractivity contribution in [3.8, 4) is 11.3 Å². The van der Waals surface area contributed by atoms with Gasteiger partial charge in [0, 0.05) is 35.7 Å². The van der Waals surface area contributed by atoms with Crippen molar-refractivity contribution < 1.29 is 18.6 Å². The van der Waals surface area contributed by atoms with E-state index in [2.05, 4.69) is 20.1 Å². The quantitative estimate of drug-likeness (QED) is 0.468. The van der Waals surface area contributed by atoms with Gasteiger partial charge in [0.2, 0.25) is 0 Å². The van der Waals surface area contributed by atoms with Gasteiger partial charge in [-0.3, -0.25) is 4.68 Å². The topological polar surface area (TPSA) is 98.8 Å². The Bertz CT molecular complexity index is 1450. The number of halogens is 2. The number of benzene rings is 1. The standard InChI is InChI=1S/C25H24F2N6O2/c1-13-14(2)30-24-22(29-13)21(19-6-3-17(26)9-20(19)27)31-23(32-24)15-7-8-35-25(34,10-15)16-11-28-33(12-16)18-4-5-18/h3,6,9,11-12,15,18,34H,4-5,7-8,10H2,1-2H3. The van der Waals surface area contributed by atoms with Gasteiger partial charge in [0.05, 0.1) is 30.2 Å². The van der Waals surface area contributed by atoms with Crippen molar-refractivity contribution in [1.29, 1.82) is 0 Å². The molecule has 2 unspecified atom stereocenters. The molecule has 0 spiro atoms. The number of ether oxygens (including phenoxy) is 1. The Morgan fingerprint density at radius 3 is 2.63 bits per heavy atom. The average molecular weight is 479 g/mol. The van der Waals surface area contributed by atoms with E-state index < -0.39 is 17.4 Å². The van der Waals surface area contributed by atoms with Gasteiger partial charge >= 0.3 is 0 Å². The van der Waals surface area contributed by atoms with Crippen molar-refractivity contribution in [3.63, 3.8) is 0 Å². The third-order valence-electron chi connectivity index (χ3n) is 6.81. The summed E-state index contributed by atoms with van der Waals surface area (Å²) in [5.41, 5.74) is 2.99. The minimum atomic E-state index is -1.54. The van der Waals surface area contributed by atoms with E-state index in [-0.39, 0.29) is 30.2 Å². The molecule has 0 amide bonds. The lowest BCUT2D eigenvalue weighted by atomic mass is 9.89. The Morgan fingerprint density at radius 2 is 1.86 bits per heavy atom. The van der Waals surface area contributed by atoms with Crippen LogP contribution in [0.2, 0.25) is 0 Å². The molecule has 2 atom stereocenters. The van der Waals surface area contributed by atoms with Gasteiger partial charge in [-0.15, -0.1) is 0 Å². The highest BCUT2D eigenvalue weighted by molar-refractivity contribution is 5.87. The number of aryl methyl sites for hydroxylation is 2. The predicted octanol–water partition coefficient (Wildman–Crippen LogP) is 4.25. The lowest BCUT2D eigenvalue weighted by molar-refractivity contribution is -0.238. The molecule has 1 aromatic carbocycles. The lowest BCUT2D eigenvalue weighted by Crippen LogP contribution is -2.36. The Labute approximate surface area is 200 Å². The summed E-state index contributed by atoms with van der Waals surface area (Å²) in [6.07, 6.45) is 6.40. The van der Waals surface area contributed by atoms with Gasteiger partial charge in [0.1, 0.15) is 28.7 Å². The Hall–Kier alpha value is -3.37. The van der Waals surface area contributed by atoms with Gasteiger partial charge in [-0.05, 0) is 45.2 Å². The van der Waals surface area contributed by atoms with Crippen molar-refractivity contribution in [1.82, 2.24) is 29.7 Å². The fraction of sp³-hybridized carbons (Fsp3) is 0.400. The highest BCUT2D eigenvalue weighted by atomic mass is 19.1. The van der Waals surface area contributed by atoms with Gasteiger partial charge in [-0.2, -0.15) is 5.10 Å². The second-order valence-electron chi connectivity index (χ2n) is 9.38. The van der Waals surface area contributed by atoms with Crippen LogP contribution in [-0.2, 0) is 10.5 Å². The summed E-state index contributed by atoms with van der Waals surface area (Å²) in [7, 11) is 0. The molecule has 1 aliphatic carbocycles. The lowest BCUT2D eigenvalue weighted by Gasteiger charge is -2.35. The molecule has 0 bridgehead atoms. The highest BCUT2D eigenvalue weighted by Crippen LogP contribution is 2.42. The second-order valence-corrected chi connectivity index (χ2v) is 9.38. The van der Waals surface area contributed by atoms with Crippen molar-refractivity contribution >= 4 is 11.2 Å². The van der Waals surface area contributed by atoms with Crippen LogP contribution in [0.3, 0.4) is 0 Å². The average Bonchev–Trinajstić information content (AvgIpc) is 3.55. The summed E-state index contributed by atoms with van der Waals surface area (Å²) in [6.45, 7) is 3.92. The first-order valence-electron chi connectivity index (χ1n) is 11.7. The highest BCUT2D eigenvalue weighted by Gasteiger charge is 2.41. The first-order chi connectivity index (χ1) is 16.8. The number of rotatable bonds is 4. The number of nitrogens with zero attached hydrogens (tertiary/aromatic N) is 6. The normalized spacial score (nSPS) is 22.6. The van der Waals surface area contributed by atoms with E-state index in [1.54, 1.807) is 13.1 Å². The van der Waals surface area contributed by atoms with E-state index in [4.69, 9.17) is 9.72 Å². The zero-order valence-corrected chi connectivity index (χ0v) is 19.4. The van der Waals surface area contributed by atoms with E-state index >= 15 is 0 Å². The van der Waals surface area contributed by atoms with E-state index in [0.717, 1.165) is 18.9 Å². The zero-order valence-electron chi connectivity index (χ0n) is 19.4. The van der Waals surface area contributed by atoms with Crippen LogP contribution in [0, 0.1) is 25.5 Å². The third kappa shape index (κ3) is 3.96. The van der Waals surface area contributed by atoms with Crippen LogP contribution >= 0.6 is 0 Å². The molecule has 4 aromatic rings. The first kappa shape index (κ1) is 22.1. The van der Waals surface area contributed by atoms with Gasteiger partial charge < -0.3 is 9.84 Å². The van der Waals surface area contributed by atoms with Crippen LogP contribution in [0.1, 0.15) is 60.4 Å². The largest absolute Gasteiger partial charge is 0.362 e. The van der Waals surface area contributed by atoms with Gasteiger partial charge in [0.15, 0.2) is 11.4 Å². The van der Waals surface area contributed by atoms with Gasteiger partial charge in [-0.25, -0.2) is 28.7 Å². The van der Waals surface area contributed by atoms with Crippen LogP contribution in [0.4, 0.5) is 8.78 Å². The summed E-state index contributed by atoms with van der Waals surface area (Å²) in [5, 5.41) is 15.8. The molecule has 1 aliphatic heterocycles. The van der Waals surface area contributed by atoms with Crippen molar-refractivity contribution in [2.45, 2.75) is 57.3 Å². The molecule has 35 heavy (non-hydrogen) atoms. The molecule has 4 heterocycles. The Morgan fingerprint density at radius 1 is 1.06 bits per heavy atom. The number of aliphatic hydroxyl groups is 1. The molecule has 1 saturated heterocycles. The molecule has 2 fully saturated rings. The SMILES string of the molecule is Cc1nc2nc(C3CCOC(O)(c4cnn(C5CC5)c4)C3)nc(-c3ccc(F)cc3F)c2nc1C. The van der Waals surface area contributed by atoms with Crippen LogP contribution in [0.5, 0.6) is 0 Å². The number of hydrogen-bond acceptors (Lipinski definition) is 7. The molecule has 180 valence electrons. The zero-order chi connectivity index (χ0) is 24.3. The van der Waals surface area contributed by atoms with Crippen LogP contribution < -0.4 is 0 Å². The fourth-order valence-corrected chi connectivity index (χ4v) is 4.55. The molecule has 0 radical (unpaired) electrons. The van der Waals surface area contributed by atoms with E-state index in [0.29, 0.717) is 46.4 Å². The van der Waals surface area contributed by atoms with Gasteiger partial charge in [-0.1, -0.05) is 0 Å². The van der Waals surface area contributed by atoms with E-state index in [1.807, 2.05) is 17.8 Å². The van der Waals surface area contributed by atoms with Crippen molar-refractivity contribution in [2.24, 2.45) is 0 Å². The molecule has 1 N–H and O–H groups in total. The summed E-state index contributed by atoms with van der Waals surface area (Å²) in [6, 6.07) is 3.74.